The summed E-state index contributed by atoms with van der Waals surface area (Å²) in [4.78, 5) is 12.6. The Morgan fingerprint density at radius 2 is 1.57 bits per heavy atom. The minimum atomic E-state index is -3.94. The topological polar surface area (TPSA) is 88.1 Å². The van der Waals surface area contributed by atoms with Crippen molar-refractivity contribution in [2.45, 2.75) is 4.90 Å². The van der Waals surface area contributed by atoms with E-state index < -0.39 is 22.5 Å². The van der Waals surface area contributed by atoms with E-state index in [2.05, 4.69) is 10.5 Å². The Labute approximate surface area is 175 Å². The molecule has 7 nitrogen and oxygen atoms in total. The van der Waals surface area contributed by atoms with Crippen LogP contribution >= 0.6 is 0 Å². The Bertz CT molecular complexity index is 1120. The van der Waals surface area contributed by atoms with Crippen molar-refractivity contribution in [3.63, 3.8) is 0 Å². The van der Waals surface area contributed by atoms with Crippen molar-refractivity contribution in [2.24, 2.45) is 5.10 Å². The SMILES string of the molecule is COc1ccccc1/C=N\NC(=O)CN(c1ccccc1)S(=O)(=O)c1ccccc1. The maximum atomic E-state index is 13.1. The zero-order valence-corrected chi connectivity index (χ0v) is 17.1. The molecule has 0 aliphatic heterocycles. The molecule has 0 saturated carbocycles. The zero-order valence-electron chi connectivity index (χ0n) is 16.3. The highest BCUT2D eigenvalue weighted by molar-refractivity contribution is 7.92. The van der Waals surface area contributed by atoms with Crippen LogP contribution < -0.4 is 14.5 Å². The second kappa shape index (κ2) is 9.71. The Hall–Kier alpha value is -3.65. The predicted octanol–water partition coefficient (Wildman–Crippen LogP) is 3.04. The van der Waals surface area contributed by atoms with Gasteiger partial charge in [-0.2, -0.15) is 5.10 Å². The fourth-order valence-electron chi connectivity index (χ4n) is 2.74. The molecule has 0 aromatic heterocycles. The molecular weight excluding hydrogens is 402 g/mol. The third-order valence-corrected chi connectivity index (χ3v) is 5.98. The average molecular weight is 423 g/mol. The number of methoxy groups -OCH3 is 1. The Balaban J connectivity index is 1.80. The maximum Gasteiger partial charge on any atom is 0.264 e. The van der Waals surface area contributed by atoms with Gasteiger partial charge < -0.3 is 4.74 Å². The molecule has 8 heteroatoms. The molecule has 3 rings (SSSR count). The van der Waals surface area contributed by atoms with E-state index in [-0.39, 0.29) is 4.90 Å². The van der Waals surface area contributed by atoms with Gasteiger partial charge in [0, 0.05) is 5.56 Å². The number of nitrogens with zero attached hydrogens (tertiary/aromatic N) is 2. The molecule has 0 fully saturated rings. The van der Waals surface area contributed by atoms with Crippen LogP contribution in [-0.4, -0.2) is 34.2 Å². The van der Waals surface area contributed by atoms with E-state index >= 15 is 0 Å². The first-order chi connectivity index (χ1) is 14.5. The van der Waals surface area contributed by atoms with Crippen molar-refractivity contribution in [2.75, 3.05) is 18.0 Å². The van der Waals surface area contributed by atoms with Crippen molar-refractivity contribution < 1.29 is 17.9 Å². The number of ether oxygens (including phenoxy) is 1. The molecular formula is C22H21N3O4S. The number of amides is 1. The van der Waals surface area contributed by atoms with E-state index in [1.165, 1.54) is 25.5 Å². The van der Waals surface area contributed by atoms with Gasteiger partial charge >= 0.3 is 0 Å². The first-order valence-electron chi connectivity index (χ1n) is 9.10. The van der Waals surface area contributed by atoms with E-state index in [0.29, 0.717) is 17.0 Å². The maximum absolute atomic E-state index is 13.1. The van der Waals surface area contributed by atoms with E-state index in [4.69, 9.17) is 4.74 Å². The molecule has 0 spiro atoms. The lowest BCUT2D eigenvalue weighted by Gasteiger charge is -2.23. The summed E-state index contributed by atoms with van der Waals surface area (Å²) in [5, 5.41) is 3.93. The Kier molecular flexibility index (Phi) is 6.82. The van der Waals surface area contributed by atoms with Gasteiger partial charge in [-0.15, -0.1) is 0 Å². The molecule has 1 N–H and O–H groups in total. The lowest BCUT2D eigenvalue weighted by atomic mass is 10.2. The van der Waals surface area contributed by atoms with Gasteiger partial charge in [-0.3, -0.25) is 9.10 Å². The molecule has 1 amide bonds. The van der Waals surface area contributed by atoms with Gasteiger partial charge in [0.25, 0.3) is 15.9 Å². The Morgan fingerprint density at radius 1 is 0.967 bits per heavy atom. The number of carbonyl (C=O) groups is 1. The third-order valence-electron chi connectivity index (χ3n) is 4.19. The van der Waals surface area contributed by atoms with E-state index in [1.807, 2.05) is 12.1 Å². The van der Waals surface area contributed by atoms with Gasteiger partial charge in [0.15, 0.2) is 0 Å². The monoisotopic (exact) mass is 423 g/mol. The molecule has 0 bridgehead atoms. The number of benzene rings is 3. The van der Waals surface area contributed by atoms with Crippen molar-refractivity contribution in [1.82, 2.24) is 5.43 Å². The van der Waals surface area contributed by atoms with E-state index in [9.17, 15) is 13.2 Å². The summed E-state index contributed by atoms with van der Waals surface area (Å²) < 4.78 is 32.6. The van der Waals surface area contributed by atoms with Crippen molar-refractivity contribution in [1.29, 1.82) is 0 Å². The quantitative estimate of drug-likeness (QED) is 0.446. The fourth-order valence-corrected chi connectivity index (χ4v) is 4.18. The second-order valence-corrected chi connectivity index (χ2v) is 8.06. The van der Waals surface area contributed by atoms with Crippen LogP contribution in [0.1, 0.15) is 5.56 Å². The van der Waals surface area contributed by atoms with Crippen molar-refractivity contribution in [3.8, 4) is 5.75 Å². The summed E-state index contributed by atoms with van der Waals surface area (Å²) in [5.74, 6) is 0.0255. The number of anilines is 1. The molecule has 0 aliphatic carbocycles. The highest BCUT2D eigenvalue weighted by Crippen LogP contribution is 2.23. The molecule has 0 unspecified atom stereocenters. The van der Waals surface area contributed by atoms with Gasteiger partial charge in [0.1, 0.15) is 12.3 Å². The summed E-state index contributed by atoms with van der Waals surface area (Å²) in [6.07, 6.45) is 1.44. The van der Waals surface area contributed by atoms with Gasteiger partial charge in [-0.25, -0.2) is 13.8 Å². The molecule has 0 radical (unpaired) electrons. The smallest absolute Gasteiger partial charge is 0.264 e. The third kappa shape index (κ3) is 5.03. The number of para-hydroxylation sites is 2. The predicted molar refractivity (Wildman–Crippen MR) is 116 cm³/mol. The summed E-state index contributed by atoms with van der Waals surface area (Å²) >= 11 is 0. The van der Waals surface area contributed by atoms with Gasteiger partial charge in [-0.05, 0) is 36.4 Å². The number of hydrazone groups is 1. The molecule has 0 aliphatic rings. The first kappa shape index (κ1) is 21.1. The average Bonchev–Trinajstić information content (AvgIpc) is 2.79. The summed E-state index contributed by atoms with van der Waals surface area (Å²) in [6.45, 7) is -0.426. The normalized spacial score (nSPS) is 11.2. The molecule has 0 atom stereocenters. The van der Waals surface area contributed by atoms with Gasteiger partial charge in [-0.1, -0.05) is 48.5 Å². The van der Waals surface area contributed by atoms with E-state index in [0.717, 1.165) is 4.31 Å². The van der Waals surface area contributed by atoms with Gasteiger partial charge in [0.05, 0.1) is 23.9 Å². The Morgan fingerprint density at radius 3 is 2.23 bits per heavy atom. The summed E-state index contributed by atoms with van der Waals surface area (Å²) in [5.41, 5.74) is 3.43. The fraction of sp³-hybridized carbons (Fsp3) is 0.0909. The first-order valence-corrected chi connectivity index (χ1v) is 10.5. The van der Waals surface area contributed by atoms with E-state index in [1.54, 1.807) is 60.7 Å². The number of rotatable bonds is 8. The lowest BCUT2D eigenvalue weighted by Crippen LogP contribution is -2.39. The molecule has 0 heterocycles. The van der Waals surface area contributed by atoms with Crippen LogP contribution in [0.15, 0.2) is 94.9 Å². The van der Waals surface area contributed by atoms with Crippen LogP contribution in [-0.2, 0) is 14.8 Å². The summed E-state index contributed by atoms with van der Waals surface area (Å²) in [7, 11) is -2.40. The summed E-state index contributed by atoms with van der Waals surface area (Å²) in [6, 6.07) is 23.6. The minimum Gasteiger partial charge on any atom is -0.496 e. The molecule has 30 heavy (non-hydrogen) atoms. The highest BCUT2D eigenvalue weighted by atomic mass is 32.2. The van der Waals surface area contributed by atoms with Crippen LogP contribution in [0.25, 0.3) is 0 Å². The van der Waals surface area contributed by atoms with Crippen LogP contribution in [0.2, 0.25) is 0 Å². The lowest BCUT2D eigenvalue weighted by molar-refractivity contribution is -0.119. The second-order valence-electron chi connectivity index (χ2n) is 6.20. The molecule has 3 aromatic carbocycles. The molecule has 3 aromatic rings. The van der Waals surface area contributed by atoms with Crippen molar-refractivity contribution >= 4 is 27.8 Å². The van der Waals surface area contributed by atoms with Crippen LogP contribution in [0.3, 0.4) is 0 Å². The largest absolute Gasteiger partial charge is 0.496 e. The standard InChI is InChI=1S/C22H21N3O4S/c1-29-21-15-9-8-10-18(21)16-23-24-22(26)17-25(19-11-4-2-5-12-19)30(27,28)20-13-6-3-7-14-20/h2-16H,17H2,1H3,(H,24,26)/b23-16-. The van der Waals surface area contributed by atoms with Gasteiger partial charge in [0.2, 0.25) is 0 Å². The van der Waals surface area contributed by atoms with Crippen LogP contribution in [0.5, 0.6) is 5.75 Å². The highest BCUT2D eigenvalue weighted by Gasteiger charge is 2.26. The number of sulfonamides is 1. The van der Waals surface area contributed by atoms with Crippen LogP contribution in [0, 0.1) is 0 Å². The number of hydrogen-bond acceptors (Lipinski definition) is 5. The molecule has 0 saturated heterocycles. The number of hydrogen-bond donors (Lipinski definition) is 1. The minimum absolute atomic E-state index is 0.0965. The van der Waals surface area contributed by atoms with Crippen molar-refractivity contribution in [3.05, 3.63) is 90.5 Å². The molecule has 154 valence electrons. The number of nitrogens with one attached hydrogen (secondary N) is 1. The van der Waals surface area contributed by atoms with Crippen LogP contribution in [0.4, 0.5) is 5.69 Å². The number of carbonyl (C=O) groups excluding carboxylic acids is 1. The zero-order chi connectivity index (χ0) is 21.4.